The van der Waals surface area contributed by atoms with Crippen LogP contribution in [0, 0.1) is 0 Å². The SMILES string of the molecule is O=C(CSc1ccc(Cl)cc1)N1CCCC1CCCO. The normalized spacial score (nSPS) is 18.5. The summed E-state index contributed by atoms with van der Waals surface area (Å²) in [6, 6.07) is 7.88. The molecule has 2 rings (SSSR count). The molecule has 0 saturated carbocycles. The highest BCUT2D eigenvalue weighted by Gasteiger charge is 2.27. The maximum Gasteiger partial charge on any atom is 0.233 e. The van der Waals surface area contributed by atoms with Crippen LogP contribution in [-0.2, 0) is 4.79 Å². The van der Waals surface area contributed by atoms with Gasteiger partial charge < -0.3 is 10.0 Å². The second kappa shape index (κ2) is 7.91. The van der Waals surface area contributed by atoms with E-state index in [1.54, 1.807) is 11.8 Å². The van der Waals surface area contributed by atoms with Crippen molar-refractivity contribution in [2.75, 3.05) is 18.9 Å². The topological polar surface area (TPSA) is 40.5 Å². The minimum atomic E-state index is 0.199. The van der Waals surface area contributed by atoms with E-state index in [-0.39, 0.29) is 12.5 Å². The Kier molecular flexibility index (Phi) is 6.20. The number of amides is 1. The third-order valence-electron chi connectivity index (χ3n) is 3.57. The highest BCUT2D eigenvalue weighted by molar-refractivity contribution is 8.00. The molecule has 0 aromatic heterocycles. The molecular formula is C15H20ClNO2S. The number of thioether (sulfide) groups is 1. The van der Waals surface area contributed by atoms with E-state index in [1.165, 1.54) is 0 Å². The molecule has 110 valence electrons. The molecule has 1 N–H and O–H groups in total. The van der Waals surface area contributed by atoms with E-state index in [9.17, 15) is 4.79 Å². The third kappa shape index (κ3) is 4.40. The number of nitrogens with zero attached hydrogens (tertiary/aromatic N) is 1. The Labute approximate surface area is 129 Å². The largest absolute Gasteiger partial charge is 0.396 e. The van der Waals surface area contributed by atoms with Crippen LogP contribution in [-0.4, -0.2) is 40.9 Å². The van der Waals surface area contributed by atoms with E-state index in [2.05, 4.69) is 0 Å². The molecule has 0 radical (unpaired) electrons. The standard InChI is InChI=1S/C15H20ClNO2S/c16-12-5-7-14(8-6-12)20-11-15(19)17-9-1-3-13(17)4-2-10-18/h5-8,13,18H,1-4,9-11H2. The van der Waals surface area contributed by atoms with Gasteiger partial charge in [0.2, 0.25) is 5.91 Å². The number of halogens is 1. The third-order valence-corrected chi connectivity index (χ3v) is 4.82. The molecule has 0 bridgehead atoms. The summed E-state index contributed by atoms with van der Waals surface area (Å²) in [5.41, 5.74) is 0. The summed E-state index contributed by atoms with van der Waals surface area (Å²) < 4.78 is 0. The molecule has 1 amide bonds. The highest BCUT2D eigenvalue weighted by atomic mass is 35.5. The van der Waals surface area contributed by atoms with Gasteiger partial charge in [0, 0.05) is 29.1 Å². The first kappa shape index (κ1) is 15.7. The van der Waals surface area contributed by atoms with Crippen LogP contribution in [0.3, 0.4) is 0 Å². The second-order valence-corrected chi connectivity index (χ2v) is 6.48. The predicted molar refractivity (Wildman–Crippen MR) is 83.2 cm³/mol. The maximum atomic E-state index is 12.3. The number of likely N-dealkylation sites (tertiary alicyclic amines) is 1. The molecule has 0 spiro atoms. The number of carbonyl (C=O) groups excluding carboxylic acids is 1. The van der Waals surface area contributed by atoms with Crippen molar-refractivity contribution in [1.82, 2.24) is 4.90 Å². The Bertz CT molecular complexity index is 438. The minimum absolute atomic E-state index is 0.199. The van der Waals surface area contributed by atoms with Crippen molar-refractivity contribution in [3.8, 4) is 0 Å². The molecule has 20 heavy (non-hydrogen) atoms. The Hall–Kier alpha value is -0.710. The highest BCUT2D eigenvalue weighted by Crippen LogP contribution is 2.25. The summed E-state index contributed by atoms with van der Waals surface area (Å²) in [4.78, 5) is 15.3. The van der Waals surface area contributed by atoms with Crippen LogP contribution in [0.2, 0.25) is 5.02 Å². The van der Waals surface area contributed by atoms with Crippen LogP contribution in [0.1, 0.15) is 25.7 Å². The van der Waals surface area contributed by atoms with E-state index < -0.39 is 0 Å². The lowest BCUT2D eigenvalue weighted by molar-refractivity contribution is -0.129. The van der Waals surface area contributed by atoms with Crippen molar-refractivity contribution in [3.05, 3.63) is 29.3 Å². The van der Waals surface area contributed by atoms with Gasteiger partial charge in [0.1, 0.15) is 0 Å². The first-order chi connectivity index (χ1) is 9.70. The summed E-state index contributed by atoms with van der Waals surface area (Å²) >= 11 is 7.39. The summed E-state index contributed by atoms with van der Waals surface area (Å²) in [7, 11) is 0. The number of hydrogen-bond donors (Lipinski definition) is 1. The lowest BCUT2D eigenvalue weighted by Gasteiger charge is -2.24. The molecule has 0 aliphatic carbocycles. The van der Waals surface area contributed by atoms with Crippen molar-refractivity contribution in [1.29, 1.82) is 0 Å². The van der Waals surface area contributed by atoms with Gasteiger partial charge in [-0.25, -0.2) is 0 Å². The van der Waals surface area contributed by atoms with Crippen molar-refractivity contribution in [2.24, 2.45) is 0 Å². The van der Waals surface area contributed by atoms with Gasteiger partial charge in [0.25, 0.3) is 0 Å². The number of aliphatic hydroxyl groups is 1. The molecule has 1 aliphatic heterocycles. The van der Waals surface area contributed by atoms with Crippen LogP contribution < -0.4 is 0 Å². The molecule has 5 heteroatoms. The quantitative estimate of drug-likeness (QED) is 0.820. The Balaban J connectivity index is 1.83. The lowest BCUT2D eigenvalue weighted by atomic mass is 10.1. The second-order valence-electron chi connectivity index (χ2n) is 4.99. The fourth-order valence-electron chi connectivity index (χ4n) is 2.55. The Morgan fingerprint density at radius 1 is 1.40 bits per heavy atom. The molecule has 1 aliphatic rings. The molecule has 1 heterocycles. The van der Waals surface area contributed by atoms with Gasteiger partial charge in [-0.1, -0.05) is 11.6 Å². The molecular weight excluding hydrogens is 294 g/mol. The maximum absolute atomic E-state index is 12.3. The van der Waals surface area contributed by atoms with Crippen LogP contribution in [0.15, 0.2) is 29.2 Å². The Morgan fingerprint density at radius 2 is 2.15 bits per heavy atom. The molecule has 3 nitrogen and oxygen atoms in total. The summed E-state index contributed by atoms with van der Waals surface area (Å²) in [5, 5.41) is 9.62. The number of rotatable bonds is 6. The number of benzene rings is 1. The summed E-state index contributed by atoms with van der Waals surface area (Å²) in [6.45, 7) is 1.06. The van der Waals surface area contributed by atoms with Crippen LogP contribution in [0.25, 0.3) is 0 Å². The molecule has 1 unspecified atom stereocenters. The number of carbonyl (C=O) groups is 1. The molecule has 1 aromatic rings. The average molecular weight is 314 g/mol. The first-order valence-corrected chi connectivity index (χ1v) is 8.36. The number of hydrogen-bond acceptors (Lipinski definition) is 3. The average Bonchev–Trinajstić information content (AvgIpc) is 2.92. The molecule has 1 atom stereocenters. The van der Waals surface area contributed by atoms with Gasteiger partial charge in [0.15, 0.2) is 0 Å². The van der Waals surface area contributed by atoms with E-state index in [1.807, 2.05) is 29.2 Å². The summed E-state index contributed by atoms with van der Waals surface area (Å²) in [5.74, 6) is 0.669. The number of aliphatic hydroxyl groups excluding tert-OH is 1. The first-order valence-electron chi connectivity index (χ1n) is 6.99. The smallest absolute Gasteiger partial charge is 0.233 e. The fourth-order valence-corrected chi connectivity index (χ4v) is 3.46. The molecule has 1 fully saturated rings. The summed E-state index contributed by atoms with van der Waals surface area (Å²) in [6.07, 6.45) is 3.83. The zero-order valence-corrected chi connectivity index (χ0v) is 13.0. The van der Waals surface area contributed by atoms with Gasteiger partial charge in [-0.05, 0) is 49.9 Å². The van der Waals surface area contributed by atoms with E-state index >= 15 is 0 Å². The molecule has 1 saturated heterocycles. The minimum Gasteiger partial charge on any atom is -0.396 e. The van der Waals surface area contributed by atoms with Crippen molar-refractivity contribution >= 4 is 29.3 Å². The van der Waals surface area contributed by atoms with Gasteiger partial charge >= 0.3 is 0 Å². The van der Waals surface area contributed by atoms with Crippen molar-refractivity contribution < 1.29 is 9.90 Å². The van der Waals surface area contributed by atoms with E-state index in [0.717, 1.165) is 37.1 Å². The van der Waals surface area contributed by atoms with Crippen molar-refractivity contribution in [3.63, 3.8) is 0 Å². The molecule has 1 aromatic carbocycles. The predicted octanol–water partition coefficient (Wildman–Crippen LogP) is 3.20. The van der Waals surface area contributed by atoms with E-state index in [4.69, 9.17) is 16.7 Å². The van der Waals surface area contributed by atoms with Crippen LogP contribution in [0.5, 0.6) is 0 Å². The van der Waals surface area contributed by atoms with Gasteiger partial charge in [0.05, 0.1) is 5.75 Å². The Morgan fingerprint density at radius 3 is 2.85 bits per heavy atom. The zero-order chi connectivity index (χ0) is 14.4. The van der Waals surface area contributed by atoms with Crippen LogP contribution in [0.4, 0.5) is 0 Å². The van der Waals surface area contributed by atoms with Crippen molar-refractivity contribution in [2.45, 2.75) is 36.6 Å². The fraction of sp³-hybridized carbons (Fsp3) is 0.533. The monoisotopic (exact) mass is 313 g/mol. The van der Waals surface area contributed by atoms with Gasteiger partial charge in [-0.15, -0.1) is 11.8 Å². The zero-order valence-electron chi connectivity index (χ0n) is 11.4. The van der Waals surface area contributed by atoms with Gasteiger partial charge in [-0.3, -0.25) is 4.79 Å². The van der Waals surface area contributed by atoms with Crippen LogP contribution >= 0.6 is 23.4 Å². The van der Waals surface area contributed by atoms with E-state index in [0.29, 0.717) is 16.8 Å². The lowest BCUT2D eigenvalue weighted by Crippen LogP contribution is -2.36. The van der Waals surface area contributed by atoms with Gasteiger partial charge in [-0.2, -0.15) is 0 Å².